The van der Waals surface area contributed by atoms with Gasteiger partial charge in [-0.2, -0.15) is 0 Å². The average molecular weight is 330 g/mol. The Morgan fingerprint density at radius 2 is 2.16 bits per heavy atom. The SMILES string of the molecule is CCCNCc1cc(Br)ccc1OC(C)CCOC. The molecule has 1 aromatic carbocycles. The predicted octanol–water partition coefficient (Wildman–Crippen LogP) is 3.75. The minimum Gasteiger partial charge on any atom is -0.490 e. The molecule has 108 valence electrons. The van der Waals surface area contributed by atoms with E-state index < -0.39 is 0 Å². The summed E-state index contributed by atoms with van der Waals surface area (Å²) in [5.41, 5.74) is 1.19. The smallest absolute Gasteiger partial charge is 0.124 e. The summed E-state index contributed by atoms with van der Waals surface area (Å²) in [7, 11) is 1.71. The molecule has 0 radical (unpaired) electrons. The van der Waals surface area contributed by atoms with Crippen LogP contribution in [0.25, 0.3) is 0 Å². The third-order valence-corrected chi connectivity index (χ3v) is 3.31. The molecule has 0 fully saturated rings. The molecule has 0 heterocycles. The fourth-order valence-electron chi connectivity index (χ4n) is 1.76. The van der Waals surface area contributed by atoms with Gasteiger partial charge < -0.3 is 14.8 Å². The second kappa shape index (κ2) is 9.34. The van der Waals surface area contributed by atoms with E-state index >= 15 is 0 Å². The molecule has 0 bridgehead atoms. The van der Waals surface area contributed by atoms with E-state index in [9.17, 15) is 0 Å². The Hall–Kier alpha value is -0.580. The van der Waals surface area contributed by atoms with Gasteiger partial charge in [0, 0.05) is 36.7 Å². The van der Waals surface area contributed by atoms with E-state index in [1.165, 1.54) is 5.56 Å². The van der Waals surface area contributed by atoms with E-state index in [0.29, 0.717) is 0 Å². The van der Waals surface area contributed by atoms with Crippen LogP contribution in [0, 0.1) is 0 Å². The third kappa shape index (κ3) is 6.41. The minimum atomic E-state index is 0.158. The van der Waals surface area contributed by atoms with Crippen molar-refractivity contribution < 1.29 is 9.47 Å². The van der Waals surface area contributed by atoms with Crippen LogP contribution < -0.4 is 10.1 Å². The Morgan fingerprint density at radius 1 is 1.37 bits per heavy atom. The zero-order valence-corrected chi connectivity index (χ0v) is 13.6. The van der Waals surface area contributed by atoms with Crippen molar-refractivity contribution in [1.29, 1.82) is 0 Å². The maximum Gasteiger partial charge on any atom is 0.124 e. The Morgan fingerprint density at radius 3 is 2.84 bits per heavy atom. The summed E-state index contributed by atoms with van der Waals surface area (Å²) in [6.45, 7) is 6.81. The first kappa shape index (κ1) is 16.5. The number of nitrogens with one attached hydrogen (secondary N) is 1. The molecule has 4 heteroatoms. The monoisotopic (exact) mass is 329 g/mol. The lowest BCUT2D eigenvalue weighted by Crippen LogP contribution is -2.18. The van der Waals surface area contributed by atoms with Crippen molar-refractivity contribution in [2.24, 2.45) is 0 Å². The van der Waals surface area contributed by atoms with Gasteiger partial charge in [0.15, 0.2) is 0 Å². The Labute approximate surface area is 124 Å². The molecule has 3 nitrogen and oxygen atoms in total. The van der Waals surface area contributed by atoms with Gasteiger partial charge in [-0.3, -0.25) is 0 Å². The average Bonchev–Trinajstić information content (AvgIpc) is 2.39. The van der Waals surface area contributed by atoms with Gasteiger partial charge in [-0.15, -0.1) is 0 Å². The molecule has 0 spiro atoms. The van der Waals surface area contributed by atoms with Crippen molar-refractivity contribution in [2.75, 3.05) is 20.3 Å². The number of rotatable bonds is 9. The number of benzene rings is 1. The van der Waals surface area contributed by atoms with Crippen LogP contribution in [0.3, 0.4) is 0 Å². The summed E-state index contributed by atoms with van der Waals surface area (Å²) >= 11 is 3.51. The van der Waals surface area contributed by atoms with Crippen LogP contribution in [0.2, 0.25) is 0 Å². The summed E-state index contributed by atoms with van der Waals surface area (Å²) in [5.74, 6) is 0.954. The zero-order valence-electron chi connectivity index (χ0n) is 12.0. The van der Waals surface area contributed by atoms with Crippen LogP contribution in [0.5, 0.6) is 5.75 Å². The van der Waals surface area contributed by atoms with Crippen LogP contribution in [0.15, 0.2) is 22.7 Å². The van der Waals surface area contributed by atoms with Crippen LogP contribution >= 0.6 is 15.9 Å². The topological polar surface area (TPSA) is 30.5 Å². The van der Waals surface area contributed by atoms with Crippen molar-refractivity contribution in [2.45, 2.75) is 39.3 Å². The van der Waals surface area contributed by atoms with E-state index in [0.717, 1.165) is 42.8 Å². The van der Waals surface area contributed by atoms with Crippen molar-refractivity contribution in [3.05, 3.63) is 28.2 Å². The minimum absolute atomic E-state index is 0.158. The molecule has 0 aromatic heterocycles. The molecular weight excluding hydrogens is 306 g/mol. The largest absolute Gasteiger partial charge is 0.490 e. The van der Waals surface area contributed by atoms with Gasteiger partial charge in [-0.05, 0) is 38.1 Å². The highest BCUT2D eigenvalue weighted by Crippen LogP contribution is 2.24. The lowest BCUT2D eigenvalue weighted by atomic mass is 10.2. The summed E-state index contributed by atoms with van der Waals surface area (Å²) in [4.78, 5) is 0. The van der Waals surface area contributed by atoms with Crippen molar-refractivity contribution in [1.82, 2.24) is 5.32 Å². The number of hydrogen-bond acceptors (Lipinski definition) is 3. The molecule has 1 unspecified atom stereocenters. The van der Waals surface area contributed by atoms with E-state index in [1.54, 1.807) is 7.11 Å². The molecule has 19 heavy (non-hydrogen) atoms. The maximum atomic E-state index is 5.99. The van der Waals surface area contributed by atoms with E-state index in [1.807, 2.05) is 12.1 Å². The highest BCUT2D eigenvalue weighted by Gasteiger charge is 2.09. The first-order chi connectivity index (χ1) is 9.17. The molecule has 1 aromatic rings. The van der Waals surface area contributed by atoms with Gasteiger partial charge in [0.25, 0.3) is 0 Å². The van der Waals surface area contributed by atoms with Gasteiger partial charge in [-0.1, -0.05) is 22.9 Å². The van der Waals surface area contributed by atoms with E-state index in [4.69, 9.17) is 9.47 Å². The summed E-state index contributed by atoms with van der Waals surface area (Å²) in [5, 5.41) is 3.41. The number of methoxy groups -OCH3 is 1. The fraction of sp³-hybridized carbons (Fsp3) is 0.600. The fourth-order valence-corrected chi connectivity index (χ4v) is 2.17. The predicted molar refractivity (Wildman–Crippen MR) is 82.7 cm³/mol. The second-order valence-corrected chi connectivity index (χ2v) is 5.55. The molecule has 0 aliphatic carbocycles. The van der Waals surface area contributed by atoms with E-state index in [2.05, 4.69) is 41.2 Å². The third-order valence-electron chi connectivity index (χ3n) is 2.82. The Bertz CT molecular complexity index is 371. The normalized spacial score (nSPS) is 12.4. The van der Waals surface area contributed by atoms with Crippen LogP contribution in [0.4, 0.5) is 0 Å². The Kier molecular flexibility index (Phi) is 8.10. The molecule has 0 aliphatic rings. The summed E-state index contributed by atoms with van der Waals surface area (Å²) in [6.07, 6.45) is 2.19. The summed E-state index contributed by atoms with van der Waals surface area (Å²) < 4.78 is 12.2. The lowest BCUT2D eigenvalue weighted by molar-refractivity contribution is 0.134. The number of ether oxygens (including phenoxy) is 2. The van der Waals surface area contributed by atoms with Gasteiger partial charge in [-0.25, -0.2) is 0 Å². The molecule has 0 amide bonds. The van der Waals surface area contributed by atoms with Crippen molar-refractivity contribution in [3.8, 4) is 5.75 Å². The molecule has 1 atom stereocenters. The quantitative estimate of drug-likeness (QED) is 0.700. The molecule has 0 saturated heterocycles. The Balaban J connectivity index is 2.64. The number of halogens is 1. The maximum absolute atomic E-state index is 5.99. The first-order valence-electron chi connectivity index (χ1n) is 6.82. The number of hydrogen-bond donors (Lipinski definition) is 1. The zero-order chi connectivity index (χ0) is 14.1. The van der Waals surface area contributed by atoms with Crippen LogP contribution in [-0.2, 0) is 11.3 Å². The van der Waals surface area contributed by atoms with Gasteiger partial charge in [0.05, 0.1) is 6.10 Å². The van der Waals surface area contributed by atoms with Crippen LogP contribution in [-0.4, -0.2) is 26.4 Å². The highest BCUT2D eigenvalue weighted by molar-refractivity contribution is 9.10. The summed E-state index contributed by atoms with van der Waals surface area (Å²) in [6, 6.07) is 6.15. The highest BCUT2D eigenvalue weighted by atomic mass is 79.9. The van der Waals surface area contributed by atoms with Gasteiger partial charge in [0.2, 0.25) is 0 Å². The van der Waals surface area contributed by atoms with Crippen molar-refractivity contribution in [3.63, 3.8) is 0 Å². The second-order valence-electron chi connectivity index (χ2n) is 4.64. The van der Waals surface area contributed by atoms with Gasteiger partial charge in [0.1, 0.15) is 5.75 Å². The molecule has 0 aliphatic heterocycles. The van der Waals surface area contributed by atoms with Crippen molar-refractivity contribution >= 4 is 15.9 Å². The molecule has 1 N–H and O–H groups in total. The first-order valence-corrected chi connectivity index (χ1v) is 7.61. The standard InChI is InChI=1S/C15H24BrNO2/c1-4-8-17-11-13-10-14(16)5-6-15(13)19-12(2)7-9-18-3/h5-6,10,12,17H,4,7-9,11H2,1-3H3. The lowest BCUT2D eigenvalue weighted by Gasteiger charge is -2.18. The molecule has 0 saturated carbocycles. The van der Waals surface area contributed by atoms with Crippen LogP contribution in [0.1, 0.15) is 32.3 Å². The molecular formula is C15H24BrNO2. The van der Waals surface area contributed by atoms with Gasteiger partial charge >= 0.3 is 0 Å². The molecule has 1 rings (SSSR count). The van der Waals surface area contributed by atoms with E-state index in [-0.39, 0.29) is 6.10 Å².